The van der Waals surface area contributed by atoms with Crippen molar-refractivity contribution in [3.63, 3.8) is 0 Å². The standard InChI is InChI=1S/C21H18O6/c1-10(22)21(26)7-6-12-11(9-21)8-14-17(19(12)24)20(25)16-13(18(14)23)4-3-5-15(16)27-2/h3-5,8,24,26H,6-7,9H2,1-2H3/t21-/m1/s1. The highest BCUT2D eigenvalue weighted by atomic mass is 16.5. The van der Waals surface area contributed by atoms with Gasteiger partial charge in [-0.3, -0.25) is 14.4 Å². The second kappa shape index (κ2) is 5.76. The highest BCUT2D eigenvalue weighted by Crippen LogP contribution is 2.43. The Balaban J connectivity index is 1.94. The lowest BCUT2D eigenvalue weighted by atomic mass is 9.74. The molecule has 0 radical (unpaired) electrons. The second-order valence-electron chi connectivity index (χ2n) is 7.09. The molecule has 2 aliphatic rings. The predicted molar refractivity (Wildman–Crippen MR) is 95.6 cm³/mol. The van der Waals surface area contributed by atoms with E-state index in [1.807, 2.05) is 0 Å². The summed E-state index contributed by atoms with van der Waals surface area (Å²) in [6.07, 6.45) is 0.402. The fraction of sp³-hybridized carbons (Fsp3) is 0.286. The largest absolute Gasteiger partial charge is 0.507 e. The van der Waals surface area contributed by atoms with E-state index >= 15 is 0 Å². The Morgan fingerprint density at radius 3 is 2.56 bits per heavy atom. The molecule has 0 unspecified atom stereocenters. The molecule has 0 aliphatic heterocycles. The maximum atomic E-state index is 13.1. The number of carbonyl (C=O) groups is 3. The van der Waals surface area contributed by atoms with E-state index in [-0.39, 0.29) is 58.8 Å². The van der Waals surface area contributed by atoms with E-state index < -0.39 is 17.2 Å². The first-order chi connectivity index (χ1) is 12.8. The van der Waals surface area contributed by atoms with Gasteiger partial charge in [-0.25, -0.2) is 0 Å². The van der Waals surface area contributed by atoms with Crippen molar-refractivity contribution in [3.05, 3.63) is 57.6 Å². The van der Waals surface area contributed by atoms with Gasteiger partial charge in [0.1, 0.15) is 17.1 Å². The number of fused-ring (bicyclic) bond motifs is 3. The van der Waals surface area contributed by atoms with Gasteiger partial charge in [0.25, 0.3) is 0 Å². The summed E-state index contributed by atoms with van der Waals surface area (Å²) in [6, 6.07) is 6.29. The minimum Gasteiger partial charge on any atom is -0.507 e. The van der Waals surface area contributed by atoms with E-state index in [2.05, 4.69) is 0 Å². The summed E-state index contributed by atoms with van der Waals surface area (Å²) in [5.41, 5.74) is -0.0976. The molecule has 1 atom stereocenters. The maximum Gasteiger partial charge on any atom is 0.201 e. The van der Waals surface area contributed by atoms with Gasteiger partial charge in [0, 0.05) is 17.5 Å². The van der Waals surface area contributed by atoms with Crippen molar-refractivity contribution in [1.29, 1.82) is 0 Å². The average molecular weight is 366 g/mol. The number of Topliss-reactive ketones (excluding diaryl/α,β-unsaturated/α-hetero) is 1. The Kier molecular flexibility index (Phi) is 3.71. The number of aliphatic hydroxyl groups is 1. The van der Waals surface area contributed by atoms with Crippen LogP contribution in [0, 0.1) is 0 Å². The number of aromatic hydroxyl groups is 1. The highest BCUT2D eigenvalue weighted by molar-refractivity contribution is 6.30. The summed E-state index contributed by atoms with van der Waals surface area (Å²) in [5.74, 6) is -1.19. The number of hydrogen-bond donors (Lipinski definition) is 2. The molecule has 6 heteroatoms. The van der Waals surface area contributed by atoms with Crippen LogP contribution in [0.1, 0.15) is 56.3 Å². The van der Waals surface area contributed by atoms with Gasteiger partial charge in [-0.15, -0.1) is 0 Å². The van der Waals surface area contributed by atoms with Gasteiger partial charge in [-0.05, 0) is 43.0 Å². The number of rotatable bonds is 2. The van der Waals surface area contributed by atoms with Gasteiger partial charge in [0.15, 0.2) is 11.6 Å². The van der Waals surface area contributed by atoms with Crippen LogP contribution >= 0.6 is 0 Å². The molecular formula is C21H18O6. The summed E-state index contributed by atoms with van der Waals surface area (Å²) in [7, 11) is 1.41. The molecule has 0 heterocycles. The van der Waals surface area contributed by atoms with E-state index in [0.29, 0.717) is 11.1 Å². The Hall–Kier alpha value is -2.99. The molecule has 0 fully saturated rings. The average Bonchev–Trinajstić information content (AvgIpc) is 2.64. The second-order valence-corrected chi connectivity index (χ2v) is 7.09. The molecule has 2 aromatic rings. The fourth-order valence-corrected chi connectivity index (χ4v) is 4.04. The molecule has 0 saturated carbocycles. The lowest BCUT2D eigenvalue weighted by Crippen LogP contribution is -2.42. The van der Waals surface area contributed by atoms with E-state index in [1.165, 1.54) is 20.1 Å². The molecule has 0 saturated heterocycles. The van der Waals surface area contributed by atoms with Crippen LogP contribution in [0.2, 0.25) is 0 Å². The normalized spacial score (nSPS) is 20.6. The quantitative estimate of drug-likeness (QED) is 0.719. The minimum atomic E-state index is -1.52. The van der Waals surface area contributed by atoms with Crippen LogP contribution in [-0.2, 0) is 17.6 Å². The number of phenols is 1. The van der Waals surface area contributed by atoms with Crippen molar-refractivity contribution >= 4 is 17.3 Å². The Morgan fingerprint density at radius 1 is 1.15 bits per heavy atom. The van der Waals surface area contributed by atoms with Crippen molar-refractivity contribution < 1.29 is 29.3 Å². The third-order valence-electron chi connectivity index (χ3n) is 5.61. The zero-order chi connectivity index (χ0) is 19.5. The lowest BCUT2D eigenvalue weighted by molar-refractivity contribution is -0.136. The lowest BCUT2D eigenvalue weighted by Gasteiger charge is -2.33. The first-order valence-corrected chi connectivity index (χ1v) is 8.66. The molecular weight excluding hydrogens is 348 g/mol. The van der Waals surface area contributed by atoms with E-state index in [0.717, 1.165) is 0 Å². The third kappa shape index (κ3) is 2.33. The van der Waals surface area contributed by atoms with E-state index in [9.17, 15) is 24.6 Å². The van der Waals surface area contributed by atoms with Crippen LogP contribution < -0.4 is 4.74 Å². The molecule has 6 nitrogen and oxygen atoms in total. The van der Waals surface area contributed by atoms with Crippen LogP contribution in [0.15, 0.2) is 24.3 Å². The van der Waals surface area contributed by atoms with Gasteiger partial charge in [-0.1, -0.05) is 12.1 Å². The first-order valence-electron chi connectivity index (χ1n) is 8.66. The third-order valence-corrected chi connectivity index (χ3v) is 5.61. The van der Waals surface area contributed by atoms with Gasteiger partial charge < -0.3 is 14.9 Å². The smallest absolute Gasteiger partial charge is 0.201 e. The van der Waals surface area contributed by atoms with Crippen LogP contribution in [-0.4, -0.2) is 40.3 Å². The van der Waals surface area contributed by atoms with Crippen molar-refractivity contribution in [2.24, 2.45) is 0 Å². The number of methoxy groups -OCH3 is 1. The summed E-state index contributed by atoms with van der Waals surface area (Å²) in [4.78, 5) is 37.9. The molecule has 2 aliphatic carbocycles. The molecule has 0 bridgehead atoms. The summed E-state index contributed by atoms with van der Waals surface area (Å²) in [6.45, 7) is 1.32. The molecule has 2 N–H and O–H groups in total. The van der Waals surface area contributed by atoms with Crippen molar-refractivity contribution in [3.8, 4) is 11.5 Å². The Bertz CT molecular complexity index is 1040. The SMILES string of the molecule is COc1cccc2c1C(=O)c1c(cc3c(c1O)CC[C@](O)(C(C)=O)C3)C2=O. The number of benzene rings is 2. The zero-order valence-electron chi connectivity index (χ0n) is 15.0. The highest BCUT2D eigenvalue weighted by Gasteiger charge is 2.41. The summed E-state index contributed by atoms with van der Waals surface area (Å²) >= 11 is 0. The van der Waals surface area contributed by atoms with Gasteiger partial charge in [0.2, 0.25) is 5.78 Å². The monoisotopic (exact) mass is 366 g/mol. The van der Waals surface area contributed by atoms with Crippen molar-refractivity contribution in [2.75, 3.05) is 7.11 Å². The topological polar surface area (TPSA) is 101 Å². The Morgan fingerprint density at radius 2 is 1.89 bits per heavy atom. The zero-order valence-corrected chi connectivity index (χ0v) is 15.0. The fourth-order valence-electron chi connectivity index (χ4n) is 4.04. The van der Waals surface area contributed by atoms with Crippen LogP contribution in [0.5, 0.6) is 11.5 Å². The molecule has 0 aromatic heterocycles. The molecule has 0 spiro atoms. The number of hydrogen-bond acceptors (Lipinski definition) is 6. The molecule has 27 heavy (non-hydrogen) atoms. The number of phenolic OH excluding ortho intramolecular Hbond substituents is 1. The van der Waals surface area contributed by atoms with E-state index in [1.54, 1.807) is 18.2 Å². The van der Waals surface area contributed by atoms with Crippen molar-refractivity contribution in [2.45, 2.75) is 31.8 Å². The number of carbonyl (C=O) groups excluding carboxylic acids is 3. The molecule has 138 valence electrons. The minimum absolute atomic E-state index is 0.00491. The maximum absolute atomic E-state index is 13.1. The van der Waals surface area contributed by atoms with Gasteiger partial charge >= 0.3 is 0 Å². The molecule has 2 aromatic carbocycles. The number of ether oxygens (including phenoxy) is 1. The summed E-state index contributed by atoms with van der Waals surface area (Å²) < 4.78 is 5.23. The van der Waals surface area contributed by atoms with E-state index in [4.69, 9.17) is 4.74 Å². The summed E-state index contributed by atoms with van der Waals surface area (Å²) in [5, 5.41) is 21.3. The van der Waals surface area contributed by atoms with Gasteiger partial charge in [-0.2, -0.15) is 0 Å². The van der Waals surface area contributed by atoms with Gasteiger partial charge in [0.05, 0.1) is 18.2 Å². The predicted octanol–water partition coefficient (Wildman–Crippen LogP) is 1.98. The van der Waals surface area contributed by atoms with Crippen LogP contribution in [0.4, 0.5) is 0 Å². The van der Waals surface area contributed by atoms with Crippen LogP contribution in [0.25, 0.3) is 0 Å². The number of ketones is 3. The first kappa shape index (κ1) is 17.4. The molecule has 4 rings (SSSR count). The van der Waals surface area contributed by atoms with Crippen molar-refractivity contribution in [1.82, 2.24) is 0 Å². The Labute approximate surface area is 155 Å². The van der Waals surface area contributed by atoms with Crippen LogP contribution in [0.3, 0.4) is 0 Å². The molecule has 0 amide bonds.